The molecule has 0 saturated carbocycles. The van der Waals surface area contributed by atoms with Gasteiger partial charge in [0, 0.05) is 18.3 Å². The molecule has 0 spiro atoms. The van der Waals surface area contributed by atoms with Gasteiger partial charge < -0.3 is 0 Å². The van der Waals surface area contributed by atoms with Gasteiger partial charge >= 0.3 is 0 Å². The maximum atomic E-state index is 6.18. The van der Waals surface area contributed by atoms with E-state index in [2.05, 4.69) is 25.1 Å². The fraction of sp³-hybridized carbons (Fsp3) is 0.800. The maximum absolute atomic E-state index is 6.18. The Kier molecular flexibility index (Phi) is 8.15. The standard InChI is InChI=1S/C15H27ClN2/c1-3-5-6-7-8-9-10-11-18-13-14(12-17-18)15(16)4-2/h12-13,15H,3-11H2,1-2H3. The number of rotatable bonds is 10. The molecule has 0 aliphatic rings. The Morgan fingerprint density at radius 1 is 1.11 bits per heavy atom. The molecule has 0 aromatic carbocycles. The first-order valence-corrected chi connectivity index (χ1v) is 7.88. The summed E-state index contributed by atoms with van der Waals surface area (Å²) in [6.07, 6.45) is 14.4. The molecule has 0 bridgehead atoms. The van der Waals surface area contributed by atoms with Crippen molar-refractivity contribution in [3.8, 4) is 0 Å². The lowest BCUT2D eigenvalue weighted by Gasteiger charge is -2.03. The molecule has 1 rings (SSSR count). The van der Waals surface area contributed by atoms with Gasteiger partial charge in [0.1, 0.15) is 0 Å². The van der Waals surface area contributed by atoms with E-state index in [0.717, 1.165) is 18.5 Å². The second-order valence-corrected chi connectivity index (χ2v) is 5.56. The van der Waals surface area contributed by atoms with Crippen LogP contribution in [0.2, 0.25) is 0 Å². The molecule has 1 aromatic rings. The Hall–Kier alpha value is -0.500. The molecule has 0 radical (unpaired) electrons. The molecule has 0 N–H and O–H groups in total. The summed E-state index contributed by atoms with van der Waals surface area (Å²) in [7, 11) is 0. The van der Waals surface area contributed by atoms with Gasteiger partial charge in [-0.15, -0.1) is 11.6 Å². The number of aromatic nitrogens is 2. The molecule has 0 fully saturated rings. The predicted octanol–water partition coefficient (Wildman–Crippen LogP) is 5.32. The molecule has 2 nitrogen and oxygen atoms in total. The van der Waals surface area contributed by atoms with Crippen LogP contribution in [0.15, 0.2) is 12.4 Å². The number of alkyl halides is 1. The van der Waals surface area contributed by atoms with Gasteiger partial charge in [0.05, 0.1) is 11.6 Å². The normalized spacial score (nSPS) is 12.8. The summed E-state index contributed by atoms with van der Waals surface area (Å²) >= 11 is 6.18. The van der Waals surface area contributed by atoms with E-state index < -0.39 is 0 Å². The zero-order chi connectivity index (χ0) is 13.2. The topological polar surface area (TPSA) is 17.8 Å². The van der Waals surface area contributed by atoms with Crippen LogP contribution < -0.4 is 0 Å². The number of aryl methyl sites for hydroxylation is 1. The molecule has 18 heavy (non-hydrogen) atoms. The zero-order valence-electron chi connectivity index (χ0n) is 11.9. The summed E-state index contributed by atoms with van der Waals surface area (Å²) in [6.45, 7) is 5.39. The summed E-state index contributed by atoms with van der Waals surface area (Å²) < 4.78 is 2.03. The highest BCUT2D eigenvalue weighted by Gasteiger charge is 2.07. The molecule has 1 unspecified atom stereocenters. The number of halogens is 1. The van der Waals surface area contributed by atoms with E-state index in [0.29, 0.717) is 0 Å². The molecule has 104 valence electrons. The van der Waals surface area contributed by atoms with Gasteiger partial charge in [-0.25, -0.2) is 0 Å². The van der Waals surface area contributed by atoms with Crippen LogP contribution in [0.4, 0.5) is 0 Å². The van der Waals surface area contributed by atoms with E-state index in [1.165, 1.54) is 44.9 Å². The lowest BCUT2D eigenvalue weighted by atomic mass is 10.1. The lowest BCUT2D eigenvalue weighted by Crippen LogP contribution is -1.98. The van der Waals surface area contributed by atoms with Gasteiger partial charge in [-0.3, -0.25) is 4.68 Å². The summed E-state index contributed by atoms with van der Waals surface area (Å²) in [5.74, 6) is 0. The third-order valence-corrected chi connectivity index (χ3v) is 3.92. The van der Waals surface area contributed by atoms with Crippen molar-refractivity contribution in [1.82, 2.24) is 9.78 Å². The molecule has 1 atom stereocenters. The quantitative estimate of drug-likeness (QED) is 0.415. The van der Waals surface area contributed by atoms with Crippen molar-refractivity contribution in [2.75, 3.05) is 0 Å². The Balaban J connectivity index is 2.10. The average Bonchev–Trinajstić information content (AvgIpc) is 2.85. The molecule has 1 aromatic heterocycles. The van der Waals surface area contributed by atoms with Crippen LogP contribution in [0.3, 0.4) is 0 Å². The maximum Gasteiger partial charge on any atom is 0.0613 e. The van der Waals surface area contributed by atoms with Crippen molar-refractivity contribution in [3.05, 3.63) is 18.0 Å². The highest BCUT2D eigenvalue weighted by molar-refractivity contribution is 6.20. The van der Waals surface area contributed by atoms with Gasteiger partial charge in [0.15, 0.2) is 0 Å². The fourth-order valence-corrected chi connectivity index (χ4v) is 2.24. The minimum atomic E-state index is 0.118. The van der Waals surface area contributed by atoms with Gasteiger partial charge in [-0.05, 0) is 12.8 Å². The Morgan fingerprint density at radius 3 is 2.44 bits per heavy atom. The number of hydrogen-bond donors (Lipinski definition) is 0. The Morgan fingerprint density at radius 2 is 1.78 bits per heavy atom. The fourth-order valence-electron chi connectivity index (χ4n) is 2.13. The minimum absolute atomic E-state index is 0.118. The van der Waals surface area contributed by atoms with Crippen LogP contribution in [-0.4, -0.2) is 9.78 Å². The molecular formula is C15H27ClN2. The van der Waals surface area contributed by atoms with Gasteiger partial charge in [0.25, 0.3) is 0 Å². The van der Waals surface area contributed by atoms with E-state index in [9.17, 15) is 0 Å². The highest BCUT2D eigenvalue weighted by atomic mass is 35.5. The number of unbranched alkanes of at least 4 members (excludes halogenated alkanes) is 6. The predicted molar refractivity (Wildman–Crippen MR) is 79.1 cm³/mol. The first-order chi connectivity index (χ1) is 8.77. The molecule has 3 heteroatoms. The molecule has 0 saturated heterocycles. The van der Waals surface area contributed by atoms with E-state index in [4.69, 9.17) is 11.6 Å². The van der Waals surface area contributed by atoms with Crippen LogP contribution in [0.1, 0.15) is 76.2 Å². The second kappa shape index (κ2) is 9.43. The third-order valence-electron chi connectivity index (χ3n) is 3.36. The van der Waals surface area contributed by atoms with Crippen molar-refractivity contribution >= 4 is 11.6 Å². The monoisotopic (exact) mass is 270 g/mol. The van der Waals surface area contributed by atoms with Crippen molar-refractivity contribution in [1.29, 1.82) is 0 Å². The van der Waals surface area contributed by atoms with E-state index in [1.54, 1.807) is 0 Å². The highest BCUT2D eigenvalue weighted by Crippen LogP contribution is 2.22. The first kappa shape index (κ1) is 15.6. The Labute approximate surface area is 117 Å². The SMILES string of the molecule is CCCCCCCCCn1cc(C(Cl)CC)cn1. The van der Waals surface area contributed by atoms with Crippen molar-refractivity contribution in [2.24, 2.45) is 0 Å². The summed E-state index contributed by atoms with van der Waals surface area (Å²) in [6, 6.07) is 0. The summed E-state index contributed by atoms with van der Waals surface area (Å²) in [5, 5.41) is 4.48. The van der Waals surface area contributed by atoms with E-state index in [-0.39, 0.29) is 5.38 Å². The van der Waals surface area contributed by atoms with Gasteiger partial charge in [0.2, 0.25) is 0 Å². The Bertz CT molecular complexity index is 309. The molecule has 0 amide bonds. The largest absolute Gasteiger partial charge is 0.272 e. The second-order valence-electron chi connectivity index (χ2n) is 5.03. The first-order valence-electron chi connectivity index (χ1n) is 7.44. The number of nitrogens with zero attached hydrogens (tertiary/aromatic N) is 2. The van der Waals surface area contributed by atoms with Gasteiger partial charge in [-0.1, -0.05) is 52.4 Å². The molecule has 0 aliphatic heterocycles. The summed E-state index contributed by atoms with van der Waals surface area (Å²) in [5.41, 5.74) is 1.15. The average molecular weight is 271 g/mol. The van der Waals surface area contributed by atoms with Crippen LogP contribution in [-0.2, 0) is 6.54 Å². The van der Waals surface area contributed by atoms with Crippen LogP contribution in [0.25, 0.3) is 0 Å². The number of hydrogen-bond acceptors (Lipinski definition) is 1. The van der Waals surface area contributed by atoms with Crippen molar-refractivity contribution < 1.29 is 0 Å². The molecule has 1 heterocycles. The molecular weight excluding hydrogens is 244 g/mol. The zero-order valence-corrected chi connectivity index (χ0v) is 12.6. The summed E-state index contributed by atoms with van der Waals surface area (Å²) in [4.78, 5) is 0. The van der Waals surface area contributed by atoms with Crippen molar-refractivity contribution in [2.45, 2.75) is 77.1 Å². The lowest BCUT2D eigenvalue weighted by molar-refractivity contribution is 0.523. The van der Waals surface area contributed by atoms with Crippen LogP contribution in [0, 0.1) is 0 Å². The van der Waals surface area contributed by atoms with Crippen LogP contribution in [0.5, 0.6) is 0 Å². The van der Waals surface area contributed by atoms with Gasteiger partial charge in [-0.2, -0.15) is 5.10 Å². The van der Waals surface area contributed by atoms with E-state index >= 15 is 0 Å². The smallest absolute Gasteiger partial charge is 0.0613 e. The molecule has 0 aliphatic carbocycles. The third kappa shape index (κ3) is 5.90. The van der Waals surface area contributed by atoms with Crippen molar-refractivity contribution in [3.63, 3.8) is 0 Å². The minimum Gasteiger partial charge on any atom is -0.272 e. The van der Waals surface area contributed by atoms with E-state index in [1.807, 2.05) is 10.9 Å². The van der Waals surface area contributed by atoms with Crippen LogP contribution >= 0.6 is 11.6 Å².